The van der Waals surface area contributed by atoms with Gasteiger partial charge in [0.05, 0.1) is 12.6 Å². The van der Waals surface area contributed by atoms with Crippen molar-refractivity contribution in [1.29, 1.82) is 0 Å². The van der Waals surface area contributed by atoms with Crippen LogP contribution < -0.4 is 0 Å². The van der Waals surface area contributed by atoms with Crippen molar-refractivity contribution in [1.82, 2.24) is 19.4 Å². The Hall–Kier alpha value is -2.63. The van der Waals surface area contributed by atoms with E-state index in [1.807, 2.05) is 23.4 Å². The first-order valence-electron chi connectivity index (χ1n) is 7.43. The molecule has 0 unspecified atom stereocenters. The summed E-state index contributed by atoms with van der Waals surface area (Å²) in [7, 11) is 0. The van der Waals surface area contributed by atoms with Crippen LogP contribution in [0.5, 0.6) is 0 Å². The standard InChI is InChI=1S/C16H16N4O2/c21-16(14-4-2-10-22-14)19-8-5-12(6-9-19)20-11-18-13-3-1-7-17-15(13)20/h1-4,7,10-12H,5-6,8-9H2. The molecule has 0 saturated carbocycles. The number of nitrogens with zero attached hydrogens (tertiary/aromatic N) is 4. The summed E-state index contributed by atoms with van der Waals surface area (Å²) < 4.78 is 7.32. The van der Waals surface area contributed by atoms with Crippen molar-refractivity contribution in [3.05, 3.63) is 48.8 Å². The molecule has 0 atom stereocenters. The molecule has 6 nitrogen and oxygen atoms in total. The molecule has 3 aromatic heterocycles. The quantitative estimate of drug-likeness (QED) is 0.729. The summed E-state index contributed by atoms with van der Waals surface area (Å²) in [5, 5.41) is 0. The van der Waals surface area contributed by atoms with Gasteiger partial charge in [-0.1, -0.05) is 0 Å². The maximum atomic E-state index is 12.3. The molecule has 1 saturated heterocycles. The smallest absolute Gasteiger partial charge is 0.289 e. The van der Waals surface area contributed by atoms with Crippen LogP contribution in [0.1, 0.15) is 29.4 Å². The first-order valence-corrected chi connectivity index (χ1v) is 7.43. The van der Waals surface area contributed by atoms with E-state index >= 15 is 0 Å². The average Bonchev–Trinajstić information content (AvgIpc) is 3.24. The van der Waals surface area contributed by atoms with Crippen LogP contribution in [-0.4, -0.2) is 38.4 Å². The number of carbonyl (C=O) groups is 1. The van der Waals surface area contributed by atoms with Crippen LogP contribution in [0.4, 0.5) is 0 Å². The highest BCUT2D eigenvalue weighted by Crippen LogP contribution is 2.26. The van der Waals surface area contributed by atoms with Gasteiger partial charge in [-0.15, -0.1) is 0 Å². The van der Waals surface area contributed by atoms with Crippen LogP contribution >= 0.6 is 0 Å². The largest absolute Gasteiger partial charge is 0.459 e. The number of likely N-dealkylation sites (tertiary alicyclic amines) is 1. The van der Waals surface area contributed by atoms with Crippen molar-refractivity contribution >= 4 is 17.1 Å². The molecule has 6 heteroatoms. The SMILES string of the molecule is O=C(c1ccco1)N1CCC(n2cnc3cccnc32)CC1. The summed E-state index contributed by atoms with van der Waals surface area (Å²) in [4.78, 5) is 22.9. The van der Waals surface area contributed by atoms with Gasteiger partial charge >= 0.3 is 0 Å². The fourth-order valence-electron chi connectivity index (χ4n) is 3.04. The normalized spacial score (nSPS) is 16.3. The van der Waals surface area contributed by atoms with Gasteiger partial charge < -0.3 is 13.9 Å². The fourth-order valence-corrected chi connectivity index (χ4v) is 3.04. The van der Waals surface area contributed by atoms with Gasteiger partial charge in [-0.25, -0.2) is 9.97 Å². The first kappa shape index (κ1) is 13.1. The molecule has 3 aromatic rings. The molecule has 0 N–H and O–H groups in total. The summed E-state index contributed by atoms with van der Waals surface area (Å²) in [6.45, 7) is 1.44. The highest BCUT2D eigenvalue weighted by atomic mass is 16.3. The highest BCUT2D eigenvalue weighted by Gasteiger charge is 2.26. The molecule has 0 aliphatic carbocycles. The van der Waals surface area contributed by atoms with Gasteiger partial charge in [-0.3, -0.25) is 4.79 Å². The molecule has 1 aliphatic rings. The number of amides is 1. The third-order valence-corrected chi connectivity index (χ3v) is 4.21. The molecule has 1 aliphatic heterocycles. The minimum absolute atomic E-state index is 0.0305. The third kappa shape index (κ3) is 2.16. The van der Waals surface area contributed by atoms with Crippen molar-refractivity contribution in [3.8, 4) is 0 Å². The van der Waals surface area contributed by atoms with E-state index in [1.54, 1.807) is 18.3 Å². The number of hydrogen-bond donors (Lipinski definition) is 0. The lowest BCUT2D eigenvalue weighted by molar-refractivity contribution is 0.0663. The summed E-state index contributed by atoms with van der Waals surface area (Å²) in [5.41, 5.74) is 1.83. The number of carbonyl (C=O) groups excluding carboxylic acids is 1. The highest BCUT2D eigenvalue weighted by molar-refractivity contribution is 5.91. The van der Waals surface area contributed by atoms with E-state index in [1.165, 1.54) is 6.26 Å². The lowest BCUT2D eigenvalue weighted by atomic mass is 10.0. The van der Waals surface area contributed by atoms with E-state index in [0.29, 0.717) is 11.8 Å². The third-order valence-electron chi connectivity index (χ3n) is 4.21. The van der Waals surface area contributed by atoms with Gasteiger partial charge in [0.25, 0.3) is 5.91 Å². The fraction of sp³-hybridized carbons (Fsp3) is 0.312. The zero-order valence-corrected chi connectivity index (χ0v) is 12.1. The van der Waals surface area contributed by atoms with Crippen molar-refractivity contribution in [2.24, 2.45) is 0 Å². The van der Waals surface area contributed by atoms with Gasteiger partial charge in [0.15, 0.2) is 11.4 Å². The number of hydrogen-bond acceptors (Lipinski definition) is 4. The molecule has 112 valence electrons. The lowest BCUT2D eigenvalue weighted by Gasteiger charge is -2.32. The minimum atomic E-state index is -0.0305. The van der Waals surface area contributed by atoms with Gasteiger partial charge in [0, 0.05) is 25.3 Å². The Kier molecular flexibility index (Phi) is 3.14. The zero-order chi connectivity index (χ0) is 14.9. The number of imidazole rings is 1. The Morgan fingerprint density at radius 3 is 2.82 bits per heavy atom. The van der Waals surface area contributed by atoms with Crippen LogP contribution in [0.15, 0.2) is 47.5 Å². The molecule has 22 heavy (non-hydrogen) atoms. The second-order valence-corrected chi connectivity index (χ2v) is 5.50. The van der Waals surface area contributed by atoms with Crippen molar-refractivity contribution in [2.75, 3.05) is 13.1 Å². The predicted octanol–water partition coefficient (Wildman–Crippen LogP) is 2.50. The number of piperidine rings is 1. The van der Waals surface area contributed by atoms with E-state index in [9.17, 15) is 4.79 Å². The van der Waals surface area contributed by atoms with Gasteiger partial charge in [-0.2, -0.15) is 0 Å². The monoisotopic (exact) mass is 296 g/mol. The number of aromatic nitrogens is 3. The molecule has 0 spiro atoms. The molecule has 4 rings (SSSR count). The van der Waals surface area contributed by atoms with Crippen molar-refractivity contribution in [2.45, 2.75) is 18.9 Å². The summed E-state index contributed by atoms with van der Waals surface area (Å²) in [5.74, 6) is 0.380. The van der Waals surface area contributed by atoms with Crippen LogP contribution in [0.2, 0.25) is 0 Å². The molecule has 1 fully saturated rings. The summed E-state index contributed by atoms with van der Waals surface area (Å²) in [6, 6.07) is 7.64. The van der Waals surface area contributed by atoms with Gasteiger partial charge in [-0.05, 0) is 37.1 Å². The number of furan rings is 1. The predicted molar refractivity (Wildman–Crippen MR) is 80.4 cm³/mol. The van der Waals surface area contributed by atoms with Gasteiger partial charge in [0.1, 0.15) is 5.52 Å². The molecule has 4 heterocycles. The minimum Gasteiger partial charge on any atom is -0.459 e. The van der Waals surface area contributed by atoms with Gasteiger partial charge in [0.2, 0.25) is 0 Å². The molecule has 0 radical (unpaired) electrons. The zero-order valence-electron chi connectivity index (χ0n) is 12.1. The second kappa shape index (κ2) is 5.29. The average molecular weight is 296 g/mol. The molecule has 1 amide bonds. The number of rotatable bonds is 2. The van der Waals surface area contributed by atoms with E-state index in [0.717, 1.165) is 37.1 Å². The molecular weight excluding hydrogens is 280 g/mol. The Balaban J connectivity index is 1.49. The Labute approximate surface area is 127 Å². The van der Waals surface area contributed by atoms with E-state index in [4.69, 9.17) is 4.42 Å². The number of pyridine rings is 1. The lowest BCUT2D eigenvalue weighted by Crippen LogP contribution is -2.38. The van der Waals surface area contributed by atoms with Crippen LogP contribution in [0, 0.1) is 0 Å². The summed E-state index contributed by atoms with van der Waals surface area (Å²) >= 11 is 0. The molecule has 0 aromatic carbocycles. The summed E-state index contributed by atoms with van der Waals surface area (Å²) in [6.07, 6.45) is 6.97. The Bertz CT molecular complexity index is 785. The van der Waals surface area contributed by atoms with Crippen molar-refractivity contribution < 1.29 is 9.21 Å². The second-order valence-electron chi connectivity index (χ2n) is 5.50. The van der Waals surface area contributed by atoms with Crippen LogP contribution in [0.25, 0.3) is 11.2 Å². The van der Waals surface area contributed by atoms with Crippen LogP contribution in [-0.2, 0) is 0 Å². The topological polar surface area (TPSA) is 64.2 Å². The maximum Gasteiger partial charge on any atom is 0.289 e. The maximum absolute atomic E-state index is 12.3. The number of fused-ring (bicyclic) bond motifs is 1. The molecule has 0 bridgehead atoms. The molecular formula is C16H16N4O2. The van der Waals surface area contributed by atoms with E-state index < -0.39 is 0 Å². The Morgan fingerprint density at radius 1 is 1.18 bits per heavy atom. The van der Waals surface area contributed by atoms with E-state index in [-0.39, 0.29) is 5.91 Å². The Morgan fingerprint density at radius 2 is 2.05 bits per heavy atom. The first-order chi connectivity index (χ1) is 10.8. The van der Waals surface area contributed by atoms with Crippen LogP contribution in [0.3, 0.4) is 0 Å². The van der Waals surface area contributed by atoms with Crippen molar-refractivity contribution in [3.63, 3.8) is 0 Å². The van der Waals surface area contributed by atoms with E-state index in [2.05, 4.69) is 14.5 Å².